The molecule has 30 heavy (non-hydrogen) atoms. The number of anilines is 3. The second-order valence-electron chi connectivity index (χ2n) is 7.02. The van der Waals surface area contributed by atoms with Gasteiger partial charge in [0.2, 0.25) is 0 Å². The van der Waals surface area contributed by atoms with Crippen LogP contribution < -0.4 is 21.5 Å². The van der Waals surface area contributed by atoms with Crippen LogP contribution in [0.25, 0.3) is 0 Å². The summed E-state index contributed by atoms with van der Waals surface area (Å²) in [6, 6.07) is 13.7. The minimum atomic E-state index is -0.300. The molecular formula is C21H24N8O. The molecule has 0 unspecified atom stereocenters. The maximum atomic E-state index is 12.2. The summed E-state index contributed by atoms with van der Waals surface area (Å²) in [5.41, 5.74) is 13.9. The van der Waals surface area contributed by atoms with Gasteiger partial charge in [-0.05, 0) is 17.7 Å². The first kappa shape index (κ1) is 19.6. The van der Waals surface area contributed by atoms with Crippen LogP contribution in [0.5, 0.6) is 0 Å². The van der Waals surface area contributed by atoms with E-state index in [0.717, 1.165) is 32.7 Å². The van der Waals surface area contributed by atoms with Crippen molar-refractivity contribution < 1.29 is 4.79 Å². The second-order valence-corrected chi connectivity index (χ2v) is 7.02. The zero-order chi connectivity index (χ0) is 20.8. The van der Waals surface area contributed by atoms with Crippen molar-refractivity contribution >= 4 is 23.2 Å². The molecule has 0 aliphatic carbocycles. The first-order valence-electron chi connectivity index (χ1n) is 9.79. The van der Waals surface area contributed by atoms with E-state index in [2.05, 4.69) is 59.9 Å². The maximum Gasteiger partial charge on any atom is 0.269 e. The molecule has 3 aromatic rings. The number of nitrogen functional groups attached to an aromatic ring is 1. The molecule has 0 radical (unpaired) electrons. The SMILES string of the molecule is Nc1c(NNC(=O)c2ccncc2)ncnc1N1CCN(Cc2ccccc2)CC1. The van der Waals surface area contributed by atoms with Crippen LogP contribution in [-0.2, 0) is 6.54 Å². The molecule has 0 spiro atoms. The van der Waals surface area contributed by atoms with Crippen molar-refractivity contribution in [1.29, 1.82) is 0 Å². The molecule has 3 heterocycles. The number of nitrogens with zero attached hydrogens (tertiary/aromatic N) is 5. The van der Waals surface area contributed by atoms with E-state index in [-0.39, 0.29) is 5.91 Å². The minimum Gasteiger partial charge on any atom is -0.393 e. The minimum absolute atomic E-state index is 0.300. The molecule has 0 atom stereocenters. The molecule has 1 aromatic carbocycles. The number of amides is 1. The summed E-state index contributed by atoms with van der Waals surface area (Å²) in [6.45, 7) is 4.40. The number of benzene rings is 1. The Hall–Kier alpha value is -3.72. The van der Waals surface area contributed by atoms with Gasteiger partial charge in [-0.15, -0.1) is 0 Å². The molecule has 154 valence electrons. The molecule has 1 saturated heterocycles. The molecule has 1 fully saturated rings. The summed E-state index contributed by atoms with van der Waals surface area (Å²) in [6.07, 6.45) is 4.57. The molecule has 0 bridgehead atoms. The van der Waals surface area contributed by atoms with Gasteiger partial charge in [-0.3, -0.25) is 25.5 Å². The number of hydrogen-bond donors (Lipinski definition) is 3. The quantitative estimate of drug-likeness (QED) is 0.530. The molecule has 1 amide bonds. The average Bonchev–Trinajstić information content (AvgIpc) is 2.80. The van der Waals surface area contributed by atoms with E-state index in [4.69, 9.17) is 5.73 Å². The van der Waals surface area contributed by atoms with E-state index >= 15 is 0 Å². The number of carbonyl (C=O) groups excluding carboxylic acids is 1. The highest BCUT2D eigenvalue weighted by molar-refractivity contribution is 5.95. The lowest BCUT2D eigenvalue weighted by atomic mass is 10.2. The van der Waals surface area contributed by atoms with Crippen molar-refractivity contribution in [2.45, 2.75) is 6.54 Å². The van der Waals surface area contributed by atoms with Gasteiger partial charge in [-0.25, -0.2) is 9.97 Å². The van der Waals surface area contributed by atoms with Crippen LogP contribution in [0.4, 0.5) is 17.3 Å². The summed E-state index contributed by atoms with van der Waals surface area (Å²) < 4.78 is 0. The average molecular weight is 404 g/mol. The Labute approximate surface area is 174 Å². The fourth-order valence-corrected chi connectivity index (χ4v) is 3.39. The highest BCUT2D eigenvalue weighted by Crippen LogP contribution is 2.26. The Balaban J connectivity index is 1.36. The first-order chi connectivity index (χ1) is 14.7. The van der Waals surface area contributed by atoms with E-state index in [9.17, 15) is 4.79 Å². The van der Waals surface area contributed by atoms with E-state index in [1.165, 1.54) is 11.9 Å². The number of hydrogen-bond acceptors (Lipinski definition) is 8. The first-order valence-corrected chi connectivity index (χ1v) is 9.79. The predicted octanol–water partition coefficient (Wildman–Crippen LogP) is 1.53. The molecule has 1 aliphatic heterocycles. The zero-order valence-corrected chi connectivity index (χ0v) is 16.5. The highest BCUT2D eigenvalue weighted by Gasteiger charge is 2.21. The predicted molar refractivity (Wildman–Crippen MR) is 116 cm³/mol. The number of aromatic nitrogens is 3. The van der Waals surface area contributed by atoms with Gasteiger partial charge in [0.25, 0.3) is 5.91 Å². The van der Waals surface area contributed by atoms with Gasteiger partial charge in [0.15, 0.2) is 11.6 Å². The van der Waals surface area contributed by atoms with Crippen LogP contribution in [0.3, 0.4) is 0 Å². The van der Waals surface area contributed by atoms with Gasteiger partial charge in [0.1, 0.15) is 12.0 Å². The van der Waals surface area contributed by atoms with Crippen LogP contribution in [-0.4, -0.2) is 51.9 Å². The molecule has 9 nitrogen and oxygen atoms in total. The highest BCUT2D eigenvalue weighted by atomic mass is 16.2. The van der Waals surface area contributed by atoms with Crippen LogP contribution in [0.2, 0.25) is 0 Å². The number of piperazine rings is 1. The molecule has 0 saturated carbocycles. The van der Waals surface area contributed by atoms with Crippen molar-refractivity contribution in [2.75, 3.05) is 42.2 Å². The summed E-state index contributed by atoms with van der Waals surface area (Å²) in [7, 11) is 0. The van der Waals surface area contributed by atoms with Crippen LogP contribution in [0.1, 0.15) is 15.9 Å². The van der Waals surface area contributed by atoms with Gasteiger partial charge in [0.05, 0.1) is 0 Å². The largest absolute Gasteiger partial charge is 0.393 e. The summed E-state index contributed by atoms with van der Waals surface area (Å²) in [4.78, 5) is 29.2. The van der Waals surface area contributed by atoms with Crippen LogP contribution in [0.15, 0.2) is 61.2 Å². The van der Waals surface area contributed by atoms with Crippen molar-refractivity contribution in [3.8, 4) is 0 Å². The van der Waals surface area contributed by atoms with Crippen LogP contribution in [0, 0.1) is 0 Å². The Morgan fingerprint density at radius 3 is 2.47 bits per heavy atom. The monoisotopic (exact) mass is 404 g/mol. The molecule has 4 rings (SSSR count). The van der Waals surface area contributed by atoms with Gasteiger partial charge >= 0.3 is 0 Å². The summed E-state index contributed by atoms with van der Waals surface area (Å²) in [5.74, 6) is 0.741. The molecule has 4 N–H and O–H groups in total. The normalized spacial score (nSPS) is 14.3. The fraction of sp³-hybridized carbons (Fsp3) is 0.238. The van der Waals surface area contributed by atoms with E-state index < -0.39 is 0 Å². The van der Waals surface area contributed by atoms with Crippen LogP contribution >= 0.6 is 0 Å². The maximum absolute atomic E-state index is 12.2. The van der Waals surface area contributed by atoms with Crippen molar-refractivity contribution in [3.63, 3.8) is 0 Å². The number of pyridine rings is 1. The van der Waals surface area contributed by atoms with E-state index in [1.807, 2.05) is 6.07 Å². The Bertz CT molecular complexity index is 975. The van der Waals surface area contributed by atoms with Gasteiger partial charge in [-0.2, -0.15) is 0 Å². The zero-order valence-electron chi connectivity index (χ0n) is 16.5. The lowest BCUT2D eigenvalue weighted by molar-refractivity contribution is 0.0962. The molecule has 1 aliphatic rings. The van der Waals surface area contributed by atoms with Gasteiger partial charge in [-0.1, -0.05) is 30.3 Å². The second kappa shape index (κ2) is 9.19. The van der Waals surface area contributed by atoms with Gasteiger partial charge < -0.3 is 10.6 Å². The number of rotatable bonds is 6. The van der Waals surface area contributed by atoms with Crippen molar-refractivity contribution in [1.82, 2.24) is 25.3 Å². The summed E-state index contributed by atoms with van der Waals surface area (Å²) in [5, 5.41) is 0. The third kappa shape index (κ3) is 4.64. The lowest BCUT2D eigenvalue weighted by Gasteiger charge is -2.36. The third-order valence-electron chi connectivity index (χ3n) is 5.02. The molecule has 9 heteroatoms. The number of hydrazine groups is 1. The Morgan fingerprint density at radius 1 is 1.00 bits per heavy atom. The van der Waals surface area contributed by atoms with E-state index in [0.29, 0.717) is 22.9 Å². The third-order valence-corrected chi connectivity index (χ3v) is 5.02. The summed E-state index contributed by atoms with van der Waals surface area (Å²) >= 11 is 0. The Kier molecular flexibility index (Phi) is 6.00. The molecular weight excluding hydrogens is 380 g/mol. The lowest BCUT2D eigenvalue weighted by Crippen LogP contribution is -2.46. The number of carbonyl (C=O) groups is 1. The number of nitrogens with two attached hydrogens (primary N) is 1. The van der Waals surface area contributed by atoms with Crippen molar-refractivity contribution in [2.24, 2.45) is 0 Å². The standard InChI is InChI=1S/C21H24N8O/c22-18-19(26-27-21(30)17-6-8-23-9-7-17)24-15-25-20(18)29-12-10-28(11-13-29)14-16-4-2-1-3-5-16/h1-9,15H,10-14,22H2,(H,27,30)(H,24,25,26). The smallest absolute Gasteiger partial charge is 0.269 e. The Morgan fingerprint density at radius 2 is 1.73 bits per heavy atom. The van der Waals surface area contributed by atoms with E-state index in [1.54, 1.807) is 24.5 Å². The number of nitrogens with one attached hydrogen (secondary N) is 2. The molecule has 2 aromatic heterocycles. The topological polar surface area (TPSA) is 112 Å². The van der Waals surface area contributed by atoms with Gasteiger partial charge in [0, 0.05) is 50.7 Å². The fourth-order valence-electron chi connectivity index (χ4n) is 3.39. The van der Waals surface area contributed by atoms with Crippen molar-refractivity contribution in [3.05, 3.63) is 72.3 Å².